The average Bonchev–Trinajstić information content (AvgIpc) is 2.72. The highest BCUT2D eigenvalue weighted by atomic mass is 32.2. The van der Waals surface area contributed by atoms with Crippen LogP contribution in [0.5, 0.6) is 11.5 Å². The Labute approximate surface area is 166 Å². The molecular formula is C20H26N2O5S. The summed E-state index contributed by atoms with van der Waals surface area (Å²) in [4.78, 5) is 13.0. The number of hydrogen-bond acceptors (Lipinski definition) is 5. The third-order valence-electron chi connectivity index (χ3n) is 4.51. The van der Waals surface area contributed by atoms with Gasteiger partial charge >= 0.3 is 0 Å². The van der Waals surface area contributed by atoms with Gasteiger partial charge in [0.2, 0.25) is 10.0 Å². The quantitative estimate of drug-likeness (QED) is 0.728. The summed E-state index contributed by atoms with van der Waals surface area (Å²) in [5.41, 5.74) is 1.34. The van der Waals surface area contributed by atoms with Gasteiger partial charge in [-0.3, -0.25) is 9.10 Å². The summed E-state index contributed by atoms with van der Waals surface area (Å²) >= 11 is 0. The number of carbonyl (C=O) groups is 1. The number of benzene rings is 2. The molecule has 0 radical (unpaired) electrons. The summed E-state index contributed by atoms with van der Waals surface area (Å²) in [5, 5.41) is 2.91. The monoisotopic (exact) mass is 406 g/mol. The highest BCUT2D eigenvalue weighted by Crippen LogP contribution is 2.36. The molecule has 2 aromatic carbocycles. The fraction of sp³-hybridized carbons (Fsp3) is 0.350. The molecule has 0 heterocycles. The van der Waals surface area contributed by atoms with Gasteiger partial charge in [0.1, 0.15) is 0 Å². The summed E-state index contributed by atoms with van der Waals surface area (Å²) in [6.45, 7) is 3.41. The van der Waals surface area contributed by atoms with Crippen molar-refractivity contribution in [2.45, 2.75) is 19.9 Å². The predicted molar refractivity (Wildman–Crippen MR) is 110 cm³/mol. The number of anilines is 1. The lowest BCUT2D eigenvalue weighted by atomic mass is 10.1. The highest BCUT2D eigenvalue weighted by molar-refractivity contribution is 7.92. The Hall–Kier alpha value is -2.74. The van der Waals surface area contributed by atoms with Crippen LogP contribution in [0.15, 0.2) is 42.5 Å². The van der Waals surface area contributed by atoms with Crippen molar-refractivity contribution in [1.29, 1.82) is 0 Å². The zero-order valence-corrected chi connectivity index (χ0v) is 17.5. The second kappa shape index (κ2) is 8.97. The molecule has 1 amide bonds. The van der Waals surface area contributed by atoms with Crippen molar-refractivity contribution in [2.24, 2.45) is 0 Å². The largest absolute Gasteiger partial charge is 0.493 e. The second-order valence-electron chi connectivity index (χ2n) is 6.20. The second-order valence-corrected chi connectivity index (χ2v) is 8.49. The van der Waals surface area contributed by atoms with Gasteiger partial charge in [-0.05, 0) is 25.5 Å². The number of methoxy groups -OCH3 is 2. The van der Waals surface area contributed by atoms with Gasteiger partial charge in [-0.2, -0.15) is 0 Å². The Morgan fingerprint density at radius 3 is 2.21 bits per heavy atom. The lowest BCUT2D eigenvalue weighted by molar-refractivity contribution is 0.0940. The van der Waals surface area contributed by atoms with Crippen molar-refractivity contribution in [2.75, 3.05) is 31.3 Å². The summed E-state index contributed by atoms with van der Waals surface area (Å²) < 4.78 is 36.5. The lowest BCUT2D eigenvalue weighted by Crippen LogP contribution is -2.32. The minimum Gasteiger partial charge on any atom is -0.493 e. The maximum atomic E-state index is 13.0. The Bertz CT molecular complexity index is 929. The van der Waals surface area contributed by atoms with Crippen molar-refractivity contribution in [3.63, 3.8) is 0 Å². The molecular weight excluding hydrogens is 380 g/mol. The first-order valence-corrected chi connectivity index (χ1v) is 10.4. The number of amides is 1. The Morgan fingerprint density at radius 2 is 1.68 bits per heavy atom. The highest BCUT2D eigenvalue weighted by Gasteiger charge is 2.25. The molecule has 8 heteroatoms. The smallest absolute Gasteiger partial charge is 0.254 e. The first kappa shape index (κ1) is 21.6. The maximum Gasteiger partial charge on any atom is 0.254 e. The van der Waals surface area contributed by atoms with E-state index in [4.69, 9.17) is 9.47 Å². The van der Waals surface area contributed by atoms with Gasteiger partial charge in [0, 0.05) is 13.1 Å². The van der Waals surface area contributed by atoms with Crippen LogP contribution in [0, 0.1) is 0 Å². The topological polar surface area (TPSA) is 84.9 Å². The molecule has 28 heavy (non-hydrogen) atoms. The molecule has 0 fully saturated rings. The number of hydrogen-bond donors (Lipinski definition) is 1. The molecule has 1 atom stereocenters. The van der Waals surface area contributed by atoms with Crippen LogP contribution in [0.2, 0.25) is 0 Å². The normalized spacial score (nSPS) is 12.2. The van der Waals surface area contributed by atoms with E-state index in [0.717, 1.165) is 9.87 Å². The number of nitrogens with one attached hydrogen (secondary N) is 1. The number of carbonyl (C=O) groups excluding carboxylic acids is 1. The number of sulfonamides is 1. The molecule has 0 spiro atoms. The average molecular weight is 407 g/mol. The molecule has 0 aromatic heterocycles. The van der Waals surface area contributed by atoms with Crippen LogP contribution in [-0.2, 0) is 10.0 Å². The molecule has 152 valence electrons. The first-order valence-electron chi connectivity index (χ1n) is 8.83. The minimum atomic E-state index is -3.58. The van der Waals surface area contributed by atoms with Crippen molar-refractivity contribution < 1.29 is 22.7 Å². The van der Waals surface area contributed by atoms with Gasteiger partial charge in [0.25, 0.3) is 5.91 Å². The van der Waals surface area contributed by atoms with E-state index in [-0.39, 0.29) is 23.0 Å². The van der Waals surface area contributed by atoms with Gasteiger partial charge in [0.15, 0.2) is 11.5 Å². The van der Waals surface area contributed by atoms with Gasteiger partial charge in [-0.25, -0.2) is 8.42 Å². The Kier molecular flexibility index (Phi) is 6.90. The summed E-state index contributed by atoms with van der Waals surface area (Å²) in [5.74, 6) is 0.166. The van der Waals surface area contributed by atoms with E-state index in [9.17, 15) is 13.2 Å². The van der Waals surface area contributed by atoms with Crippen molar-refractivity contribution in [3.8, 4) is 11.5 Å². The number of nitrogens with zero attached hydrogens (tertiary/aromatic N) is 1. The predicted octanol–water partition coefficient (Wildman–Crippen LogP) is 2.98. The van der Waals surface area contributed by atoms with E-state index in [2.05, 4.69) is 5.32 Å². The van der Waals surface area contributed by atoms with Crippen molar-refractivity contribution >= 4 is 21.6 Å². The van der Waals surface area contributed by atoms with Crippen LogP contribution in [0.25, 0.3) is 0 Å². The number of ether oxygens (including phenoxy) is 2. The molecule has 7 nitrogen and oxygen atoms in total. The standard InChI is InChI=1S/C20H26N2O5S/c1-6-28(24,25)22(3)17-13-19(27-5)18(26-4)12-16(17)20(23)21-14(2)15-10-8-7-9-11-15/h7-14H,6H2,1-5H3,(H,21,23)/t14-/m1/s1. The SMILES string of the molecule is CCS(=O)(=O)N(C)c1cc(OC)c(OC)cc1C(=O)N[C@H](C)c1ccccc1. The molecule has 0 bridgehead atoms. The number of rotatable bonds is 8. The van der Waals surface area contributed by atoms with E-state index in [0.29, 0.717) is 11.5 Å². The minimum absolute atomic E-state index is 0.0979. The summed E-state index contributed by atoms with van der Waals surface area (Å²) in [6, 6.07) is 12.2. The van der Waals surface area contributed by atoms with E-state index in [1.165, 1.54) is 33.4 Å². The van der Waals surface area contributed by atoms with Crippen LogP contribution < -0.4 is 19.1 Å². The molecule has 0 saturated carbocycles. The molecule has 2 aromatic rings. The third kappa shape index (κ3) is 4.56. The van der Waals surface area contributed by atoms with Crippen molar-refractivity contribution in [3.05, 3.63) is 53.6 Å². The van der Waals surface area contributed by atoms with E-state index >= 15 is 0 Å². The van der Waals surface area contributed by atoms with Crippen LogP contribution in [-0.4, -0.2) is 41.3 Å². The molecule has 0 aliphatic heterocycles. The molecule has 0 saturated heterocycles. The van der Waals surface area contributed by atoms with Gasteiger partial charge in [-0.15, -0.1) is 0 Å². The maximum absolute atomic E-state index is 13.0. The van der Waals surface area contributed by atoms with Crippen LogP contribution in [0.3, 0.4) is 0 Å². The molecule has 1 N–H and O–H groups in total. The fourth-order valence-electron chi connectivity index (χ4n) is 2.75. The Balaban J connectivity index is 2.49. The Morgan fingerprint density at radius 1 is 1.11 bits per heavy atom. The summed E-state index contributed by atoms with van der Waals surface area (Å²) in [6.07, 6.45) is 0. The fourth-order valence-corrected chi connectivity index (χ4v) is 3.59. The van der Waals surface area contributed by atoms with Crippen LogP contribution in [0.1, 0.15) is 35.8 Å². The van der Waals surface area contributed by atoms with Gasteiger partial charge in [-0.1, -0.05) is 30.3 Å². The van der Waals surface area contributed by atoms with Gasteiger partial charge in [0.05, 0.1) is 37.3 Å². The lowest BCUT2D eigenvalue weighted by Gasteiger charge is -2.24. The van der Waals surface area contributed by atoms with Crippen LogP contribution >= 0.6 is 0 Å². The van der Waals surface area contributed by atoms with E-state index in [1.54, 1.807) is 6.92 Å². The summed E-state index contributed by atoms with van der Waals surface area (Å²) in [7, 11) is 0.747. The van der Waals surface area contributed by atoms with Gasteiger partial charge < -0.3 is 14.8 Å². The zero-order chi connectivity index (χ0) is 20.9. The van der Waals surface area contributed by atoms with E-state index < -0.39 is 15.9 Å². The van der Waals surface area contributed by atoms with Crippen LogP contribution in [0.4, 0.5) is 5.69 Å². The van der Waals surface area contributed by atoms with Crippen molar-refractivity contribution in [1.82, 2.24) is 5.32 Å². The first-order chi connectivity index (χ1) is 13.2. The van der Waals surface area contributed by atoms with E-state index in [1.807, 2.05) is 37.3 Å². The zero-order valence-electron chi connectivity index (χ0n) is 16.7. The molecule has 0 aliphatic rings. The third-order valence-corrected chi connectivity index (χ3v) is 6.28. The molecule has 2 rings (SSSR count). The molecule has 0 aliphatic carbocycles. The molecule has 0 unspecified atom stereocenters.